The number of hydrogen-bond donors (Lipinski definition) is 0. The van der Waals surface area contributed by atoms with E-state index in [9.17, 15) is 9.59 Å². The molecule has 0 fully saturated rings. The maximum Gasteiger partial charge on any atom is 0.263 e. The first-order valence-electron chi connectivity index (χ1n) is 10.3. The molecule has 2 aromatic rings. The van der Waals surface area contributed by atoms with Crippen LogP contribution in [0.4, 0.5) is 0 Å². The summed E-state index contributed by atoms with van der Waals surface area (Å²) in [4.78, 5) is 34.9. The van der Waals surface area contributed by atoms with Gasteiger partial charge in [0.15, 0.2) is 5.16 Å². The van der Waals surface area contributed by atoms with E-state index in [0.29, 0.717) is 24.0 Å². The Morgan fingerprint density at radius 2 is 2.07 bits per heavy atom. The van der Waals surface area contributed by atoms with Crippen molar-refractivity contribution in [1.82, 2.24) is 14.5 Å². The van der Waals surface area contributed by atoms with E-state index in [0.717, 1.165) is 54.4 Å². The van der Waals surface area contributed by atoms with Gasteiger partial charge in [-0.15, -0.1) is 11.3 Å². The van der Waals surface area contributed by atoms with E-state index >= 15 is 0 Å². The van der Waals surface area contributed by atoms with Crippen LogP contribution >= 0.6 is 23.1 Å². The van der Waals surface area contributed by atoms with E-state index < -0.39 is 0 Å². The second-order valence-corrected chi connectivity index (χ2v) is 9.38. The molecule has 2 aromatic heterocycles. The molecule has 0 bridgehead atoms. The molecule has 0 spiro atoms. The molecular weight excluding hydrogens is 390 g/mol. The van der Waals surface area contributed by atoms with Crippen LogP contribution in [0.15, 0.2) is 21.7 Å². The predicted octanol–water partition coefficient (Wildman–Crippen LogP) is 4.37. The molecule has 2 aliphatic carbocycles. The monoisotopic (exact) mass is 417 g/mol. The molecule has 0 N–H and O–H groups in total. The van der Waals surface area contributed by atoms with Gasteiger partial charge in [0.1, 0.15) is 4.83 Å². The van der Waals surface area contributed by atoms with E-state index in [-0.39, 0.29) is 11.5 Å². The fraction of sp³-hybridized carbons (Fsp3) is 0.571. The summed E-state index contributed by atoms with van der Waals surface area (Å²) in [5.41, 5.74) is 2.44. The molecule has 150 valence electrons. The summed E-state index contributed by atoms with van der Waals surface area (Å²) < 4.78 is 1.74. The van der Waals surface area contributed by atoms with Crippen LogP contribution in [0.25, 0.3) is 10.2 Å². The van der Waals surface area contributed by atoms with E-state index in [2.05, 4.69) is 6.08 Å². The zero-order chi connectivity index (χ0) is 19.7. The van der Waals surface area contributed by atoms with Crippen LogP contribution in [0.2, 0.25) is 0 Å². The standard InChI is InChI=1S/C21H27N3O2S2/c1-3-23(14-9-5-6-10-14)17(25)13-27-21-22-19-18(20(26)24(21)4-2)15-11-7-8-12-16(15)28-19/h9H,3-8,10-13H2,1-2H3. The third kappa shape index (κ3) is 3.54. The highest BCUT2D eigenvalue weighted by atomic mass is 32.2. The Labute approximate surface area is 173 Å². The second-order valence-electron chi connectivity index (χ2n) is 7.35. The largest absolute Gasteiger partial charge is 0.316 e. The van der Waals surface area contributed by atoms with Crippen LogP contribution < -0.4 is 5.56 Å². The van der Waals surface area contributed by atoms with E-state index in [1.54, 1.807) is 15.9 Å². The van der Waals surface area contributed by atoms with E-state index in [1.807, 2.05) is 18.7 Å². The molecule has 5 nitrogen and oxygen atoms in total. The maximum absolute atomic E-state index is 13.2. The molecule has 1 amide bonds. The van der Waals surface area contributed by atoms with Crippen molar-refractivity contribution in [2.75, 3.05) is 12.3 Å². The lowest BCUT2D eigenvalue weighted by molar-refractivity contribution is -0.126. The van der Waals surface area contributed by atoms with Gasteiger partial charge < -0.3 is 4.90 Å². The fourth-order valence-corrected chi connectivity index (χ4v) is 6.49. The normalized spacial score (nSPS) is 16.3. The van der Waals surface area contributed by atoms with Crippen LogP contribution in [0.3, 0.4) is 0 Å². The van der Waals surface area contributed by atoms with Gasteiger partial charge in [-0.2, -0.15) is 0 Å². The fourth-order valence-electron chi connectivity index (χ4n) is 4.25. The summed E-state index contributed by atoms with van der Waals surface area (Å²) in [5.74, 6) is 0.414. The summed E-state index contributed by atoms with van der Waals surface area (Å²) >= 11 is 3.07. The number of aryl methyl sites for hydroxylation is 2. The zero-order valence-corrected chi connectivity index (χ0v) is 18.3. The van der Waals surface area contributed by atoms with Gasteiger partial charge in [-0.05, 0) is 64.4 Å². The number of rotatable bonds is 6. The van der Waals surface area contributed by atoms with Crippen LogP contribution in [-0.4, -0.2) is 32.7 Å². The number of allylic oxidation sites excluding steroid dienone is 2. The van der Waals surface area contributed by atoms with Crippen molar-refractivity contribution in [3.8, 4) is 0 Å². The highest BCUT2D eigenvalue weighted by molar-refractivity contribution is 7.99. The SMILES string of the molecule is CCN(C(=O)CSc1nc2sc3c(c2c(=O)n1CC)CCCC3)C1=CCCC1. The Kier molecular flexibility index (Phi) is 5.92. The molecule has 0 aromatic carbocycles. The van der Waals surface area contributed by atoms with Gasteiger partial charge in [-0.3, -0.25) is 14.2 Å². The smallest absolute Gasteiger partial charge is 0.263 e. The molecule has 4 rings (SSSR count). The van der Waals surface area contributed by atoms with Crippen LogP contribution in [-0.2, 0) is 24.2 Å². The summed E-state index contributed by atoms with van der Waals surface area (Å²) in [6.45, 7) is 5.26. The van der Waals surface area contributed by atoms with Crippen molar-refractivity contribution in [3.05, 3.63) is 32.6 Å². The third-order valence-electron chi connectivity index (χ3n) is 5.66. The Hall–Kier alpha value is -1.60. The number of nitrogens with zero attached hydrogens (tertiary/aromatic N) is 3. The number of hydrogen-bond acceptors (Lipinski definition) is 5. The number of thioether (sulfide) groups is 1. The summed E-state index contributed by atoms with van der Waals surface area (Å²) in [7, 11) is 0. The van der Waals surface area contributed by atoms with Gasteiger partial charge in [-0.25, -0.2) is 4.98 Å². The Morgan fingerprint density at radius 1 is 1.25 bits per heavy atom. The lowest BCUT2D eigenvalue weighted by atomic mass is 9.97. The average Bonchev–Trinajstić information content (AvgIpc) is 3.34. The lowest BCUT2D eigenvalue weighted by Crippen LogP contribution is -2.31. The van der Waals surface area contributed by atoms with Crippen molar-refractivity contribution in [3.63, 3.8) is 0 Å². The molecule has 0 unspecified atom stereocenters. The molecular formula is C21H27N3O2S2. The lowest BCUT2D eigenvalue weighted by Gasteiger charge is -2.22. The maximum atomic E-state index is 13.2. The molecule has 0 saturated heterocycles. The van der Waals surface area contributed by atoms with Crippen molar-refractivity contribution < 1.29 is 4.79 Å². The number of carbonyl (C=O) groups excluding carboxylic acids is 1. The van der Waals surface area contributed by atoms with Crippen molar-refractivity contribution in [2.24, 2.45) is 0 Å². The molecule has 0 aliphatic heterocycles. The number of carbonyl (C=O) groups is 1. The first-order valence-corrected chi connectivity index (χ1v) is 12.1. The molecule has 0 saturated carbocycles. The Bertz CT molecular complexity index is 990. The molecule has 0 radical (unpaired) electrons. The van der Waals surface area contributed by atoms with E-state index in [4.69, 9.17) is 4.98 Å². The van der Waals surface area contributed by atoms with Crippen LogP contribution in [0.5, 0.6) is 0 Å². The summed E-state index contributed by atoms with van der Waals surface area (Å²) in [6.07, 6.45) is 9.73. The minimum atomic E-state index is 0.0627. The van der Waals surface area contributed by atoms with Crippen molar-refractivity contribution in [1.29, 1.82) is 0 Å². The zero-order valence-electron chi connectivity index (χ0n) is 16.6. The minimum absolute atomic E-state index is 0.0627. The number of fused-ring (bicyclic) bond motifs is 3. The molecule has 0 atom stereocenters. The molecule has 2 heterocycles. The Balaban J connectivity index is 1.61. The van der Waals surface area contributed by atoms with Gasteiger partial charge in [-0.1, -0.05) is 17.8 Å². The van der Waals surface area contributed by atoms with Gasteiger partial charge >= 0.3 is 0 Å². The Morgan fingerprint density at radius 3 is 2.79 bits per heavy atom. The molecule has 28 heavy (non-hydrogen) atoms. The first-order chi connectivity index (χ1) is 13.6. The van der Waals surface area contributed by atoms with Gasteiger partial charge in [0.05, 0.1) is 11.1 Å². The van der Waals surface area contributed by atoms with Crippen LogP contribution in [0.1, 0.15) is 56.4 Å². The van der Waals surface area contributed by atoms with Crippen LogP contribution in [0, 0.1) is 0 Å². The van der Waals surface area contributed by atoms with Crippen molar-refractivity contribution in [2.45, 2.75) is 70.5 Å². The summed E-state index contributed by atoms with van der Waals surface area (Å²) in [5, 5.41) is 1.49. The number of aromatic nitrogens is 2. The quantitative estimate of drug-likeness (QED) is 0.517. The number of amides is 1. The van der Waals surface area contributed by atoms with E-state index in [1.165, 1.54) is 28.6 Å². The summed E-state index contributed by atoms with van der Waals surface area (Å²) in [6, 6.07) is 0. The molecule has 2 aliphatic rings. The predicted molar refractivity (Wildman–Crippen MR) is 116 cm³/mol. The van der Waals surface area contributed by atoms with Crippen molar-refractivity contribution >= 4 is 39.2 Å². The van der Waals surface area contributed by atoms with Gasteiger partial charge in [0, 0.05) is 23.7 Å². The van der Waals surface area contributed by atoms with Gasteiger partial charge in [0.2, 0.25) is 5.91 Å². The highest BCUT2D eigenvalue weighted by Gasteiger charge is 2.23. The second kappa shape index (κ2) is 8.41. The highest BCUT2D eigenvalue weighted by Crippen LogP contribution is 2.34. The number of thiophene rings is 1. The minimum Gasteiger partial charge on any atom is -0.316 e. The topological polar surface area (TPSA) is 55.2 Å². The average molecular weight is 418 g/mol. The van der Waals surface area contributed by atoms with Gasteiger partial charge in [0.25, 0.3) is 5.56 Å². The molecule has 7 heteroatoms. The third-order valence-corrected chi connectivity index (χ3v) is 7.81. The first kappa shape index (κ1) is 19.7.